The van der Waals surface area contributed by atoms with Crippen LogP contribution in [-0.4, -0.2) is 59.6 Å². The summed E-state index contributed by atoms with van der Waals surface area (Å²) in [4.78, 5) is 15.9. The van der Waals surface area contributed by atoms with E-state index in [-0.39, 0.29) is 12.0 Å². The van der Waals surface area contributed by atoms with Gasteiger partial charge in [-0.2, -0.15) is 0 Å². The van der Waals surface area contributed by atoms with E-state index in [0.717, 1.165) is 39.0 Å². The molecular weight excluding hydrogens is 240 g/mol. The molecule has 0 saturated carbocycles. The first-order chi connectivity index (χ1) is 8.98. The molecule has 0 spiro atoms. The van der Waals surface area contributed by atoms with Gasteiger partial charge in [-0.05, 0) is 20.4 Å². The minimum Gasteiger partial charge on any atom is -0.481 e. The summed E-state index contributed by atoms with van der Waals surface area (Å²) >= 11 is 0. The zero-order valence-electron chi connectivity index (χ0n) is 12.8. The molecule has 4 nitrogen and oxygen atoms in total. The summed E-state index contributed by atoms with van der Waals surface area (Å²) in [5, 5.41) is 9.20. The first-order valence-corrected chi connectivity index (χ1v) is 7.63. The Hall–Kier alpha value is -0.610. The molecule has 1 saturated heterocycles. The van der Waals surface area contributed by atoms with Gasteiger partial charge < -0.3 is 10.0 Å². The van der Waals surface area contributed by atoms with Gasteiger partial charge in [-0.3, -0.25) is 9.69 Å². The zero-order valence-corrected chi connectivity index (χ0v) is 12.8. The number of hydrogen-bond acceptors (Lipinski definition) is 3. The van der Waals surface area contributed by atoms with Gasteiger partial charge >= 0.3 is 5.97 Å². The number of carbonyl (C=O) groups is 1. The highest BCUT2D eigenvalue weighted by Crippen LogP contribution is 2.27. The number of aliphatic carboxylic acids is 1. The Morgan fingerprint density at radius 3 is 2.32 bits per heavy atom. The van der Waals surface area contributed by atoms with E-state index in [1.807, 2.05) is 0 Å². The second-order valence-corrected chi connectivity index (χ2v) is 6.17. The van der Waals surface area contributed by atoms with Crippen molar-refractivity contribution in [3.8, 4) is 0 Å². The van der Waals surface area contributed by atoms with Crippen molar-refractivity contribution in [2.45, 2.75) is 57.9 Å². The van der Waals surface area contributed by atoms with Gasteiger partial charge in [0.15, 0.2) is 0 Å². The fourth-order valence-corrected chi connectivity index (χ4v) is 2.96. The van der Waals surface area contributed by atoms with Crippen LogP contribution < -0.4 is 0 Å². The van der Waals surface area contributed by atoms with Gasteiger partial charge in [0.2, 0.25) is 0 Å². The third-order valence-electron chi connectivity index (χ3n) is 4.37. The number of likely N-dealkylation sites (N-methyl/N-ethyl adjacent to an activating group) is 1. The molecule has 0 amide bonds. The number of rotatable bonds is 8. The highest BCUT2D eigenvalue weighted by molar-refractivity contribution is 5.68. The molecule has 4 heteroatoms. The second kappa shape index (κ2) is 7.85. The molecule has 0 aliphatic carbocycles. The Morgan fingerprint density at radius 1 is 1.16 bits per heavy atom. The predicted molar refractivity (Wildman–Crippen MR) is 78.5 cm³/mol. The van der Waals surface area contributed by atoms with Crippen LogP contribution in [-0.2, 0) is 4.79 Å². The molecule has 1 heterocycles. The lowest BCUT2D eigenvalue weighted by molar-refractivity contribution is -0.140. The van der Waals surface area contributed by atoms with E-state index in [4.69, 9.17) is 0 Å². The SMILES string of the molecule is CCCCCCC(C)(CC(=O)O)N1CCN(C)CC1. The molecule has 1 unspecified atom stereocenters. The molecule has 0 aromatic rings. The zero-order chi connectivity index (χ0) is 14.3. The van der Waals surface area contributed by atoms with Crippen molar-refractivity contribution in [2.75, 3.05) is 33.2 Å². The summed E-state index contributed by atoms with van der Waals surface area (Å²) in [7, 11) is 2.13. The van der Waals surface area contributed by atoms with E-state index in [9.17, 15) is 9.90 Å². The van der Waals surface area contributed by atoms with Crippen molar-refractivity contribution in [2.24, 2.45) is 0 Å². The molecule has 0 aromatic carbocycles. The Bertz CT molecular complexity index is 275. The lowest BCUT2D eigenvalue weighted by Gasteiger charge is -2.45. The van der Waals surface area contributed by atoms with E-state index in [1.54, 1.807) is 0 Å². The molecular formula is C15H30N2O2. The third-order valence-corrected chi connectivity index (χ3v) is 4.37. The number of hydrogen-bond donors (Lipinski definition) is 1. The lowest BCUT2D eigenvalue weighted by atomic mass is 9.88. The lowest BCUT2D eigenvalue weighted by Crippen LogP contribution is -2.55. The van der Waals surface area contributed by atoms with E-state index in [0.29, 0.717) is 0 Å². The van der Waals surface area contributed by atoms with Crippen LogP contribution in [0.25, 0.3) is 0 Å². The van der Waals surface area contributed by atoms with E-state index in [2.05, 4.69) is 30.7 Å². The Morgan fingerprint density at radius 2 is 1.79 bits per heavy atom. The first kappa shape index (κ1) is 16.4. The molecule has 0 radical (unpaired) electrons. The smallest absolute Gasteiger partial charge is 0.305 e. The molecule has 0 aromatic heterocycles. The molecule has 1 rings (SSSR count). The van der Waals surface area contributed by atoms with Crippen LogP contribution in [0.3, 0.4) is 0 Å². The average Bonchev–Trinajstić information content (AvgIpc) is 2.34. The summed E-state index contributed by atoms with van der Waals surface area (Å²) < 4.78 is 0. The summed E-state index contributed by atoms with van der Waals surface area (Å²) in [6, 6.07) is 0. The fraction of sp³-hybridized carbons (Fsp3) is 0.933. The van der Waals surface area contributed by atoms with Crippen LogP contribution >= 0.6 is 0 Å². The molecule has 1 aliphatic rings. The predicted octanol–water partition coefficient (Wildman–Crippen LogP) is 2.44. The molecule has 19 heavy (non-hydrogen) atoms. The minimum absolute atomic E-state index is 0.166. The Balaban J connectivity index is 2.55. The van der Waals surface area contributed by atoms with Crippen LogP contribution in [0.15, 0.2) is 0 Å². The van der Waals surface area contributed by atoms with Crippen LogP contribution in [0.5, 0.6) is 0 Å². The van der Waals surface area contributed by atoms with Crippen LogP contribution in [0, 0.1) is 0 Å². The molecule has 1 atom stereocenters. The van der Waals surface area contributed by atoms with Crippen molar-refractivity contribution in [3.63, 3.8) is 0 Å². The van der Waals surface area contributed by atoms with Crippen molar-refractivity contribution in [1.82, 2.24) is 9.80 Å². The van der Waals surface area contributed by atoms with E-state index in [1.165, 1.54) is 19.3 Å². The third kappa shape index (κ3) is 5.49. The Kier molecular flexibility index (Phi) is 6.80. The van der Waals surface area contributed by atoms with Gasteiger partial charge in [-0.1, -0.05) is 32.6 Å². The van der Waals surface area contributed by atoms with Gasteiger partial charge in [0.1, 0.15) is 0 Å². The van der Waals surface area contributed by atoms with Gasteiger partial charge in [0.25, 0.3) is 0 Å². The summed E-state index contributed by atoms with van der Waals surface area (Å²) in [5.74, 6) is -0.670. The van der Waals surface area contributed by atoms with E-state index >= 15 is 0 Å². The average molecular weight is 270 g/mol. The molecule has 112 valence electrons. The van der Waals surface area contributed by atoms with Crippen molar-refractivity contribution >= 4 is 5.97 Å². The molecule has 1 fully saturated rings. The standard InChI is InChI=1S/C15H30N2O2/c1-4-5-6-7-8-15(2,13-14(18)19)17-11-9-16(3)10-12-17/h4-13H2,1-3H3,(H,18,19). The van der Waals surface area contributed by atoms with Crippen LogP contribution in [0.2, 0.25) is 0 Å². The fourth-order valence-electron chi connectivity index (χ4n) is 2.96. The number of unbranched alkanes of at least 4 members (excludes halogenated alkanes) is 3. The van der Waals surface area contributed by atoms with Crippen molar-refractivity contribution in [3.05, 3.63) is 0 Å². The van der Waals surface area contributed by atoms with Gasteiger partial charge in [-0.15, -0.1) is 0 Å². The highest BCUT2D eigenvalue weighted by atomic mass is 16.4. The number of carboxylic acids is 1. The largest absolute Gasteiger partial charge is 0.481 e. The minimum atomic E-state index is -0.670. The molecule has 1 N–H and O–H groups in total. The maximum atomic E-state index is 11.2. The number of nitrogens with zero attached hydrogens (tertiary/aromatic N) is 2. The highest BCUT2D eigenvalue weighted by Gasteiger charge is 2.35. The maximum Gasteiger partial charge on any atom is 0.305 e. The summed E-state index contributed by atoms with van der Waals surface area (Å²) in [6.45, 7) is 8.42. The molecule has 1 aliphatic heterocycles. The molecule has 0 bridgehead atoms. The quantitative estimate of drug-likeness (QED) is 0.688. The van der Waals surface area contributed by atoms with Gasteiger partial charge in [-0.25, -0.2) is 0 Å². The Labute approximate surface area is 117 Å². The number of carboxylic acid groups (broad SMARTS) is 1. The topological polar surface area (TPSA) is 43.8 Å². The normalized spacial score (nSPS) is 21.2. The maximum absolute atomic E-state index is 11.2. The summed E-state index contributed by atoms with van der Waals surface area (Å²) in [5.41, 5.74) is -0.166. The van der Waals surface area contributed by atoms with E-state index < -0.39 is 5.97 Å². The number of piperazine rings is 1. The van der Waals surface area contributed by atoms with Crippen molar-refractivity contribution in [1.29, 1.82) is 0 Å². The van der Waals surface area contributed by atoms with Gasteiger partial charge in [0, 0.05) is 31.7 Å². The van der Waals surface area contributed by atoms with Crippen LogP contribution in [0.1, 0.15) is 52.4 Å². The van der Waals surface area contributed by atoms with Gasteiger partial charge in [0.05, 0.1) is 6.42 Å². The summed E-state index contributed by atoms with van der Waals surface area (Å²) in [6.07, 6.45) is 6.12. The van der Waals surface area contributed by atoms with Crippen molar-refractivity contribution < 1.29 is 9.90 Å². The second-order valence-electron chi connectivity index (χ2n) is 6.17. The monoisotopic (exact) mass is 270 g/mol. The van der Waals surface area contributed by atoms with Crippen LogP contribution in [0.4, 0.5) is 0 Å². The first-order valence-electron chi connectivity index (χ1n) is 7.63.